The second kappa shape index (κ2) is 5.77. The molecule has 1 N–H and O–H groups in total. The summed E-state index contributed by atoms with van der Waals surface area (Å²) in [6.07, 6.45) is 0. The molecule has 0 aliphatic carbocycles. The van der Waals surface area contributed by atoms with E-state index in [-0.39, 0.29) is 11.6 Å². The maximum atomic E-state index is 13.8. The normalized spacial score (nSPS) is 12.0. The van der Waals surface area contributed by atoms with Crippen molar-refractivity contribution >= 4 is 5.91 Å². The van der Waals surface area contributed by atoms with Crippen LogP contribution in [0.15, 0.2) is 34.7 Å². The Balaban J connectivity index is 2.12. The number of ether oxygens (including phenoxy) is 1. The van der Waals surface area contributed by atoms with Crippen LogP contribution in [0.5, 0.6) is 5.75 Å². The van der Waals surface area contributed by atoms with Crippen molar-refractivity contribution in [1.82, 2.24) is 5.32 Å². The minimum atomic E-state index is -0.621. The van der Waals surface area contributed by atoms with Crippen molar-refractivity contribution in [3.05, 3.63) is 53.2 Å². The van der Waals surface area contributed by atoms with Crippen molar-refractivity contribution in [2.45, 2.75) is 19.9 Å². The van der Waals surface area contributed by atoms with Crippen LogP contribution in [0.3, 0.4) is 0 Å². The third-order valence-electron chi connectivity index (χ3n) is 2.96. The molecular weight excluding hydrogens is 261 g/mol. The maximum Gasteiger partial charge on any atom is 0.254 e. The lowest BCUT2D eigenvalue weighted by Gasteiger charge is -2.12. The van der Waals surface area contributed by atoms with Crippen molar-refractivity contribution in [1.29, 1.82) is 0 Å². The van der Waals surface area contributed by atoms with Gasteiger partial charge in [0.05, 0.1) is 18.7 Å². The van der Waals surface area contributed by atoms with Gasteiger partial charge in [0.25, 0.3) is 5.91 Å². The Kier molecular flexibility index (Phi) is 4.08. The molecular formula is C15H16FNO3. The largest absolute Gasteiger partial charge is 0.497 e. The molecule has 5 heteroatoms. The molecule has 1 aromatic carbocycles. The number of amides is 1. The molecule has 106 valence electrons. The lowest BCUT2D eigenvalue weighted by Crippen LogP contribution is -2.27. The lowest BCUT2D eigenvalue weighted by molar-refractivity contribution is 0.0931. The van der Waals surface area contributed by atoms with Crippen LogP contribution in [-0.4, -0.2) is 13.0 Å². The lowest BCUT2D eigenvalue weighted by atomic mass is 10.1. The van der Waals surface area contributed by atoms with Crippen LogP contribution in [0, 0.1) is 12.7 Å². The number of carbonyl (C=O) groups excluding carboxylic acids is 1. The van der Waals surface area contributed by atoms with Crippen molar-refractivity contribution in [2.75, 3.05) is 7.11 Å². The number of hydrogen-bond donors (Lipinski definition) is 1. The summed E-state index contributed by atoms with van der Waals surface area (Å²) < 4.78 is 24.1. The molecule has 0 aliphatic rings. The summed E-state index contributed by atoms with van der Waals surface area (Å²) >= 11 is 0. The Bertz CT molecular complexity index is 621. The van der Waals surface area contributed by atoms with Crippen molar-refractivity contribution in [2.24, 2.45) is 0 Å². The second-order valence-corrected chi connectivity index (χ2v) is 4.49. The van der Waals surface area contributed by atoms with Gasteiger partial charge in [0.1, 0.15) is 23.1 Å². The first-order valence-corrected chi connectivity index (χ1v) is 6.22. The summed E-state index contributed by atoms with van der Waals surface area (Å²) in [6, 6.07) is 7.37. The fraction of sp³-hybridized carbons (Fsp3) is 0.267. The minimum absolute atomic E-state index is 0.0269. The van der Waals surface area contributed by atoms with E-state index in [2.05, 4.69) is 5.32 Å². The number of carbonyl (C=O) groups is 1. The van der Waals surface area contributed by atoms with Gasteiger partial charge in [-0.1, -0.05) is 0 Å². The van der Waals surface area contributed by atoms with Crippen LogP contribution in [0.25, 0.3) is 0 Å². The van der Waals surface area contributed by atoms with E-state index in [1.807, 2.05) is 13.0 Å². The summed E-state index contributed by atoms with van der Waals surface area (Å²) in [7, 11) is 1.44. The first-order valence-electron chi connectivity index (χ1n) is 6.22. The second-order valence-electron chi connectivity index (χ2n) is 4.49. The average Bonchev–Trinajstić information content (AvgIpc) is 2.85. The number of benzene rings is 1. The van der Waals surface area contributed by atoms with Crippen LogP contribution in [0.1, 0.15) is 34.8 Å². The fourth-order valence-corrected chi connectivity index (χ4v) is 1.84. The predicted molar refractivity (Wildman–Crippen MR) is 72.3 cm³/mol. The van der Waals surface area contributed by atoms with Gasteiger partial charge in [0.15, 0.2) is 0 Å². The third kappa shape index (κ3) is 2.99. The highest BCUT2D eigenvalue weighted by atomic mass is 19.1. The molecule has 0 spiro atoms. The Hall–Kier alpha value is -2.30. The smallest absolute Gasteiger partial charge is 0.254 e. The third-order valence-corrected chi connectivity index (χ3v) is 2.96. The number of rotatable bonds is 4. The molecule has 1 amide bonds. The number of hydrogen-bond acceptors (Lipinski definition) is 3. The topological polar surface area (TPSA) is 51.5 Å². The van der Waals surface area contributed by atoms with Gasteiger partial charge in [-0.05, 0) is 38.1 Å². The van der Waals surface area contributed by atoms with E-state index in [9.17, 15) is 9.18 Å². The van der Waals surface area contributed by atoms with Crippen LogP contribution >= 0.6 is 0 Å². The molecule has 0 fully saturated rings. The van der Waals surface area contributed by atoms with E-state index >= 15 is 0 Å². The van der Waals surface area contributed by atoms with Crippen LogP contribution < -0.4 is 10.1 Å². The van der Waals surface area contributed by atoms with E-state index in [0.29, 0.717) is 11.5 Å². The van der Waals surface area contributed by atoms with Gasteiger partial charge in [-0.3, -0.25) is 4.79 Å². The van der Waals surface area contributed by atoms with Crippen molar-refractivity contribution < 1.29 is 18.3 Å². The number of halogens is 1. The molecule has 20 heavy (non-hydrogen) atoms. The quantitative estimate of drug-likeness (QED) is 0.933. The van der Waals surface area contributed by atoms with Gasteiger partial charge in [0, 0.05) is 6.07 Å². The van der Waals surface area contributed by atoms with E-state index in [4.69, 9.17) is 9.15 Å². The molecule has 1 heterocycles. The first-order chi connectivity index (χ1) is 9.51. The zero-order valence-corrected chi connectivity index (χ0v) is 11.6. The van der Waals surface area contributed by atoms with Gasteiger partial charge in [-0.25, -0.2) is 4.39 Å². The zero-order chi connectivity index (χ0) is 14.7. The molecule has 0 aliphatic heterocycles. The molecule has 1 aromatic heterocycles. The fourth-order valence-electron chi connectivity index (χ4n) is 1.84. The Morgan fingerprint density at radius 2 is 2.10 bits per heavy atom. The number of furan rings is 1. The van der Waals surface area contributed by atoms with Gasteiger partial charge in [-0.15, -0.1) is 0 Å². The molecule has 0 saturated heterocycles. The molecule has 0 bridgehead atoms. The summed E-state index contributed by atoms with van der Waals surface area (Å²) in [5.41, 5.74) is -0.0269. The Morgan fingerprint density at radius 3 is 2.65 bits per heavy atom. The summed E-state index contributed by atoms with van der Waals surface area (Å²) in [5, 5.41) is 2.69. The van der Waals surface area contributed by atoms with Gasteiger partial charge in [-0.2, -0.15) is 0 Å². The Labute approximate surface area is 116 Å². The summed E-state index contributed by atoms with van der Waals surface area (Å²) in [4.78, 5) is 12.0. The maximum absolute atomic E-state index is 13.8. The molecule has 0 saturated carbocycles. The molecule has 4 nitrogen and oxygen atoms in total. The highest BCUT2D eigenvalue weighted by molar-refractivity contribution is 5.94. The van der Waals surface area contributed by atoms with Crippen LogP contribution in [0.4, 0.5) is 4.39 Å². The number of aryl methyl sites for hydroxylation is 1. The summed E-state index contributed by atoms with van der Waals surface area (Å²) in [5.74, 6) is 0.645. The molecule has 1 atom stereocenters. The minimum Gasteiger partial charge on any atom is -0.497 e. The molecule has 2 aromatic rings. The number of methoxy groups -OCH3 is 1. The van der Waals surface area contributed by atoms with Gasteiger partial charge < -0.3 is 14.5 Å². The monoisotopic (exact) mass is 277 g/mol. The zero-order valence-electron chi connectivity index (χ0n) is 11.6. The van der Waals surface area contributed by atoms with Gasteiger partial charge >= 0.3 is 0 Å². The summed E-state index contributed by atoms with van der Waals surface area (Å²) in [6.45, 7) is 3.60. The van der Waals surface area contributed by atoms with E-state index < -0.39 is 11.7 Å². The standard InChI is InChI=1S/C15H16FNO3/c1-9-4-7-14(20-9)10(2)17-15(18)12-6-5-11(19-3)8-13(12)16/h4-8,10H,1-3H3,(H,17,18). The molecule has 1 unspecified atom stereocenters. The van der Waals surface area contributed by atoms with E-state index in [0.717, 1.165) is 5.76 Å². The average molecular weight is 277 g/mol. The van der Waals surface area contributed by atoms with Crippen LogP contribution in [0.2, 0.25) is 0 Å². The number of nitrogens with one attached hydrogen (secondary N) is 1. The highest BCUT2D eigenvalue weighted by Gasteiger charge is 2.17. The first kappa shape index (κ1) is 14.1. The van der Waals surface area contributed by atoms with Crippen molar-refractivity contribution in [3.8, 4) is 5.75 Å². The highest BCUT2D eigenvalue weighted by Crippen LogP contribution is 2.19. The Morgan fingerprint density at radius 1 is 1.35 bits per heavy atom. The predicted octanol–water partition coefficient (Wildman–Crippen LogP) is 3.23. The SMILES string of the molecule is COc1ccc(C(=O)NC(C)c2ccc(C)o2)c(F)c1. The van der Waals surface area contributed by atoms with Crippen molar-refractivity contribution in [3.63, 3.8) is 0 Å². The molecule has 2 rings (SSSR count). The van der Waals surface area contributed by atoms with E-state index in [1.165, 1.54) is 19.2 Å². The van der Waals surface area contributed by atoms with E-state index in [1.54, 1.807) is 19.1 Å². The van der Waals surface area contributed by atoms with Crippen LogP contribution in [-0.2, 0) is 0 Å². The van der Waals surface area contributed by atoms with Gasteiger partial charge in [0.2, 0.25) is 0 Å². The molecule has 0 radical (unpaired) electrons.